The van der Waals surface area contributed by atoms with Crippen LogP contribution in [0.1, 0.15) is 21.9 Å². The van der Waals surface area contributed by atoms with Crippen LogP contribution in [0, 0.1) is 10.1 Å². The van der Waals surface area contributed by atoms with E-state index in [0.717, 1.165) is 48.8 Å². The number of nitro groups is 1. The van der Waals surface area contributed by atoms with Crippen LogP contribution in [0.2, 0.25) is 0 Å². The van der Waals surface area contributed by atoms with Crippen LogP contribution >= 0.6 is 0 Å². The summed E-state index contributed by atoms with van der Waals surface area (Å²) in [6.07, 6.45) is 1.69. The quantitative estimate of drug-likeness (QED) is 0.382. The maximum Gasteiger partial charge on any atom is 0.269 e. The van der Waals surface area contributed by atoms with Crippen LogP contribution in [0.5, 0.6) is 0 Å². The van der Waals surface area contributed by atoms with Crippen LogP contribution in [0.4, 0.5) is 11.4 Å². The molecule has 0 fully saturated rings. The van der Waals surface area contributed by atoms with Gasteiger partial charge in [-0.05, 0) is 42.5 Å². The lowest BCUT2D eigenvalue weighted by molar-refractivity contribution is -0.932. The summed E-state index contributed by atoms with van der Waals surface area (Å²) in [5, 5.41) is 13.6. The summed E-state index contributed by atoms with van der Waals surface area (Å²) >= 11 is 0. The van der Waals surface area contributed by atoms with Gasteiger partial charge in [0.05, 0.1) is 35.3 Å². The molecule has 9 heteroatoms. The van der Waals surface area contributed by atoms with Gasteiger partial charge >= 0.3 is 0 Å². The third-order valence-electron chi connectivity index (χ3n) is 5.53. The molecule has 0 radical (unpaired) electrons. The summed E-state index contributed by atoms with van der Waals surface area (Å²) in [6, 6.07) is 15.1. The first-order chi connectivity index (χ1) is 15.1. The number of carbonyl (C=O) groups excluding carboxylic acids is 1. The van der Waals surface area contributed by atoms with Gasteiger partial charge in [0.15, 0.2) is 11.6 Å². The zero-order valence-electron chi connectivity index (χ0n) is 16.6. The Hall–Kier alpha value is -3.98. The molecule has 5 rings (SSSR count). The van der Waals surface area contributed by atoms with E-state index in [1.807, 2.05) is 30.3 Å². The molecule has 1 unspecified atom stereocenters. The molecule has 4 aromatic rings. The Morgan fingerprint density at radius 1 is 1.23 bits per heavy atom. The van der Waals surface area contributed by atoms with Crippen LogP contribution in [-0.4, -0.2) is 26.9 Å². The first kappa shape index (κ1) is 19.0. The number of carbonyl (C=O) groups is 1. The van der Waals surface area contributed by atoms with Crippen molar-refractivity contribution in [2.45, 2.75) is 19.6 Å². The van der Waals surface area contributed by atoms with Gasteiger partial charge in [-0.25, -0.2) is 4.98 Å². The number of rotatable bonds is 5. The van der Waals surface area contributed by atoms with Gasteiger partial charge in [-0.1, -0.05) is 0 Å². The van der Waals surface area contributed by atoms with Crippen molar-refractivity contribution in [2.24, 2.45) is 0 Å². The van der Waals surface area contributed by atoms with Crippen LogP contribution in [0.3, 0.4) is 0 Å². The number of hydrogen-bond acceptors (Lipinski definition) is 5. The molecule has 156 valence electrons. The molecule has 31 heavy (non-hydrogen) atoms. The standard InChI is InChI=1S/C22H19N5O4/c28-22(15-3-6-17(7-4-15)27(29)30)23-16-5-8-20-19(12-16)24-21-14-25(9-10-26(20)21)13-18-2-1-11-31-18/h1-8,11-12H,9-10,13-14H2,(H,23,28)/p+1. The first-order valence-electron chi connectivity index (χ1n) is 9.98. The smallest absolute Gasteiger partial charge is 0.269 e. The summed E-state index contributed by atoms with van der Waals surface area (Å²) in [4.78, 5) is 29.0. The summed E-state index contributed by atoms with van der Waals surface area (Å²) in [5.41, 5.74) is 2.80. The SMILES string of the molecule is O=C(Nc1ccc2c(c1)nc1n2CC[NH+](Cc2ccco2)C1)c1ccc([N+](=O)[O-])cc1. The molecule has 1 aliphatic heterocycles. The molecular weight excluding hydrogens is 398 g/mol. The average molecular weight is 418 g/mol. The van der Waals surface area contributed by atoms with E-state index in [0.29, 0.717) is 11.3 Å². The minimum absolute atomic E-state index is 0.0511. The lowest BCUT2D eigenvalue weighted by Crippen LogP contribution is -3.10. The van der Waals surface area contributed by atoms with Crippen molar-refractivity contribution in [1.29, 1.82) is 0 Å². The Morgan fingerprint density at radius 2 is 2.06 bits per heavy atom. The van der Waals surface area contributed by atoms with Gasteiger partial charge in [-0.3, -0.25) is 14.9 Å². The normalized spacial score (nSPS) is 15.5. The minimum Gasteiger partial charge on any atom is -0.463 e. The molecule has 0 spiro atoms. The van der Waals surface area contributed by atoms with Crippen molar-refractivity contribution >= 4 is 28.3 Å². The van der Waals surface area contributed by atoms with Gasteiger partial charge in [0.2, 0.25) is 0 Å². The van der Waals surface area contributed by atoms with Crippen LogP contribution in [-0.2, 0) is 19.6 Å². The Balaban J connectivity index is 1.32. The highest BCUT2D eigenvalue weighted by Crippen LogP contribution is 2.22. The van der Waals surface area contributed by atoms with Crippen molar-refractivity contribution in [3.05, 3.63) is 88.1 Å². The number of fused-ring (bicyclic) bond motifs is 3. The summed E-state index contributed by atoms with van der Waals surface area (Å²) in [5.74, 6) is 1.66. The lowest BCUT2D eigenvalue weighted by atomic mass is 10.2. The monoisotopic (exact) mass is 418 g/mol. The molecule has 1 aliphatic rings. The number of furan rings is 1. The molecule has 1 atom stereocenters. The summed E-state index contributed by atoms with van der Waals surface area (Å²) in [6.45, 7) is 3.49. The van der Waals surface area contributed by atoms with Crippen LogP contribution < -0.4 is 10.2 Å². The number of non-ortho nitro benzene ring substituents is 1. The molecule has 0 aliphatic carbocycles. The fourth-order valence-electron chi connectivity index (χ4n) is 3.97. The molecule has 1 amide bonds. The van der Waals surface area contributed by atoms with E-state index in [4.69, 9.17) is 9.40 Å². The van der Waals surface area contributed by atoms with Crippen molar-refractivity contribution in [1.82, 2.24) is 9.55 Å². The zero-order chi connectivity index (χ0) is 21.4. The number of benzene rings is 2. The third-order valence-corrected chi connectivity index (χ3v) is 5.53. The largest absolute Gasteiger partial charge is 0.463 e. The van der Waals surface area contributed by atoms with Gasteiger partial charge in [0.1, 0.15) is 13.1 Å². The number of amides is 1. The van der Waals surface area contributed by atoms with Gasteiger partial charge in [0.25, 0.3) is 11.6 Å². The highest BCUT2D eigenvalue weighted by atomic mass is 16.6. The van der Waals surface area contributed by atoms with Crippen molar-refractivity contribution in [2.75, 3.05) is 11.9 Å². The fraction of sp³-hybridized carbons (Fsp3) is 0.182. The topological polar surface area (TPSA) is 108 Å². The van der Waals surface area contributed by atoms with Crippen LogP contribution in [0.25, 0.3) is 11.0 Å². The van der Waals surface area contributed by atoms with Gasteiger partial charge in [-0.2, -0.15) is 0 Å². The Morgan fingerprint density at radius 3 is 2.81 bits per heavy atom. The molecule has 9 nitrogen and oxygen atoms in total. The van der Waals surface area contributed by atoms with E-state index in [1.54, 1.807) is 6.26 Å². The summed E-state index contributed by atoms with van der Waals surface area (Å²) in [7, 11) is 0. The average Bonchev–Trinajstić information content (AvgIpc) is 3.40. The highest BCUT2D eigenvalue weighted by molar-refractivity contribution is 6.05. The zero-order valence-corrected chi connectivity index (χ0v) is 16.6. The number of imidazole rings is 1. The fourth-order valence-corrected chi connectivity index (χ4v) is 3.97. The number of nitrogens with zero attached hydrogens (tertiary/aromatic N) is 3. The van der Waals surface area contributed by atoms with E-state index in [2.05, 4.69) is 9.88 Å². The van der Waals surface area contributed by atoms with E-state index in [9.17, 15) is 14.9 Å². The number of quaternary nitrogens is 1. The van der Waals surface area contributed by atoms with E-state index >= 15 is 0 Å². The predicted molar refractivity (Wildman–Crippen MR) is 113 cm³/mol. The summed E-state index contributed by atoms with van der Waals surface area (Å²) < 4.78 is 7.69. The van der Waals surface area contributed by atoms with E-state index in [-0.39, 0.29) is 11.6 Å². The molecule has 2 aromatic carbocycles. The minimum atomic E-state index is -0.492. The van der Waals surface area contributed by atoms with E-state index < -0.39 is 4.92 Å². The number of aromatic nitrogens is 2. The Labute approximate surface area is 177 Å². The Kier molecular flexibility index (Phi) is 4.72. The maximum atomic E-state index is 12.5. The second-order valence-corrected chi connectivity index (χ2v) is 7.57. The van der Waals surface area contributed by atoms with Crippen molar-refractivity contribution in [3.63, 3.8) is 0 Å². The molecule has 2 N–H and O–H groups in total. The number of nitro benzene ring substituents is 1. The Bertz CT molecular complexity index is 1260. The number of anilines is 1. The second kappa shape index (κ2) is 7.69. The van der Waals surface area contributed by atoms with Gasteiger partial charge in [-0.15, -0.1) is 0 Å². The first-order valence-corrected chi connectivity index (χ1v) is 9.98. The van der Waals surface area contributed by atoms with Gasteiger partial charge in [0, 0.05) is 23.4 Å². The molecule has 0 saturated heterocycles. The third kappa shape index (κ3) is 3.78. The molecule has 0 saturated carbocycles. The lowest BCUT2D eigenvalue weighted by Gasteiger charge is -2.24. The molecular formula is C22H20N5O4+. The van der Waals surface area contributed by atoms with Crippen molar-refractivity contribution < 1.29 is 19.0 Å². The second-order valence-electron chi connectivity index (χ2n) is 7.57. The molecule has 3 heterocycles. The number of nitrogens with one attached hydrogen (secondary N) is 2. The number of hydrogen-bond donors (Lipinski definition) is 2. The van der Waals surface area contributed by atoms with Crippen LogP contribution in [0.15, 0.2) is 65.3 Å². The van der Waals surface area contributed by atoms with E-state index in [1.165, 1.54) is 29.2 Å². The maximum absolute atomic E-state index is 12.5. The molecule has 0 bridgehead atoms. The highest BCUT2D eigenvalue weighted by Gasteiger charge is 2.24. The van der Waals surface area contributed by atoms with Gasteiger partial charge < -0.3 is 19.2 Å². The molecule has 2 aromatic heterocycles. The van der Waals surface area contributed by atoms with Crippen molar-refractivity contribution in [3.8, 4) is 0 Å². The predicted octanol–water partition coefficient (Wildman–Crippen LogP) is 2.39.